The first-order chi connectivity index (χ1) is 27.6. The lowest BCUT2D eigenvalue weighted by molar-refractivity contribution is -0.239. The highest BCUT2D eigenvalue weighted by atomic mass is 16.6. The summed E-state index contributed by atoms with van der Waals surface area (Å²) >= 11 is 0. The fourth-order valence-electron chi connectivity index (χ4n) is 13.1. The van der Waals surface area contributed by atoms with Gasteiger partial charge in [0, 0.05) is 6.42 Å². The minimum Gasteiger partial charge on any atom is -0.504 e. The quantitative estimate of drug-likeness (QED) is 0.102. The summed E-state index contributed by atoms with van der Waals surface area (Å²) in [5.74, 6) is 0.986. The molecule has 4 atom stereocenters. The van der Waals surface area contributed by atoms with E-state index in [-0.39, 0.29) is 41.3 Å². The molecule has 8 heteroatoms. The maximum Gasteiger partial charge on any atom is 0.347 e. The number of phenols is 2. The molecule has 1 heterocycles. The van der Waals surface area contributed by atoms with Crippen LogP contribution in [0.4, 0.5) is 0 Å². The van der Waals surface area contributed by atoms with E-state index in [1.807, 2.05) is 13.0 Å². The Morgan fingerprint density at radius 1 is 0.738 bits per heavy atom. The lowest BCUT2D eigenvalue weighted by Crippen LogP contribution is -2.64. The Balaban J connectivity index is 1.57. The van der Waals surface area contributed by atoms with Gasteiger partial charge in [-0.15, -0.1) is 0 Å². The molecule has 0 spiro atoms. The minimum atomic E-state index is -1.17. The molecular weight excluding hydrogens is 765 g/mol. The van der Waals surface area contributed by atoms with Crippen molar-refractivity contribution in [3.05, 3.63) is 23.8 Å². The van der Waals surface area contributed by atoms with E-state index in [4.69, 9.17) is 14.2 Å². The van der Waals surface area contributed by atoms with Crippen LogP contribution in [0.3, 0.4) is 0 Å². The lowest BCUT2D eigenvalue weighted by atomic mass is 9.44. The number of esters is 3. The summed E-state index contributed by atoms with van der Waals surface area (Å²) in [6.07, 6.45) is 6.89. The Kier molecular flexibility index (Phi) is 12.9. The van der Waals surface area contributed by atoms with E-state index in [0.717, 1.165) is 49.5 Å². The molecule has 2 N–H and O–H groups in total. The summed E-state index contributed by atoms with van der Waals surface area (Å²) in [6, 6.07) is 5.13. The Morgan fingerprint density at radius 2 is 1.26 bits per heavy atom. The first-order valence-electron chi connectivity index (χ1n) is 23.7. The zero-order valence-corrected chi connectivity index (χ0v) is 41.7. The minimum absolute atomic E-state index is 0.0763. The van der Waals surface area contributed by atoms with E-state index in [1.165, 1.54) is 6.42 Å². The summed E-state index contributed by atoms with van der Waals surface area (Å²) in [4.78, 5) is 43.5. The third kappa shape index (κ3) is 8.63. The summed E-state index contributed by atoms with van der Waals surface area (Å²) in [5.41, 5.74) is -4.72. The van der Waals surface area contributed by atoms with Crippen molar-refractivity contribution in [3.63, 3.8) is 0 Å². The van der Waals surface area contributed by atoms with Crippen LogP contribution < -0.4 is 0 Å². The molecule has 0 radical (unpaired) electrons. The standard InChI is InChI=1S/C53H86O8/c1-32(2)53(36-24-33-23-34(26-36)27-37(53)25-33)61-44(58)51(17,46(6,7)8)31-48(11,12)50(15,16)52(18,43(57)60-41-21-22-59-42(41)56)30-47(9,10)49(13,14)38(29-45(3,4)5)35-19-20-39(54)40(55)28-35/h19-20,28,32-34,36-38,41,54-55H,21-27,29-31H2,1-18H3. The summed E-state index contributed by atoms with van der Waals surface area (Å²) in [7, 11) is 0. The van der Waals surface area contributed by atoms with Gasteiger partial charge < -0.3 is 24.4 Å². The molecule has 346 valence electrons. The fourth-order valence-corrected chi connectivity index (χ4v) is 13.1. The molecule has 8 nitrogen and oxygen atoms in total. The van der Waals surface area contributed by atoms with Crippen LogP contribution in [0.1, 0.15) is 194 Å². The second-order valence-corrected chi connectivity index (χ2v) is 26.0. The monoisotopic (exact) mass is 851 g/mol. The number of benzene rings is 1. The van der Waals surface area contributed by atoms with Crippen molar-refractivity contribution < 1.29 is 38.8 Å². The van der Waals surface area contributed by atoms with Gasteiger partial charge in [-0.25, -0.2) is 4.79 Å². The molecule has 4 saturated carbocycles. The maximum absolute atomic E-state index is 15.4. The molecule has 1 aromatic rings. The lowest BCUT2D eigenvalue weighted by Gasteiger charge is -2.63. The topological polar surface area (TPSA) is 119 Å². The van der Waals surface area contributed by atoms with Crippen LogP contribution >= 0.6 is 0 Å². The number of carbonyl (C=O) groups excluding carboxylic acids is 3. The molecular formula is C53H86O8. The molecule has 6 rings (SSSR count). The van der Waals surface area contributed by atoms with Crippen molar-refractivity contribution in [2.24, 2.45) is 72.9 Å². The smallest absolute Gasteiger partial charge is 0.347 e. The Hall–Kier alpha value is -2.77. The zero-order valence-electron chi connectivity index (χ0n) is 41.7. The average Bonchev–Trinajstić information content (AvgIpc) is 3.51. The molecule has 1 aromatic carbocycles. The molecule has 0 aromatic heterocycles. The van der Waals surface area contributed by atoms with Gasteiger partial charge in [0.05, 0.1) is 17.4 Å². The predicted molar refractivity (Wildman–Crippen MR) is 243 cm³/mol. The van der Waals surface area contributed by atoms with Crippen molar-refractivity contribution in [3.8, 4) is 11.5 Å². The number of rotatable bonds is 15. The van der Waals surface area contributed by atoms with Crippen LogP contribution in [-0.2, 0) is 28.6 Å². The highest BCUT2D eigenvalue weighted by Gasteiger charge is 2.65. The van der Waals surface area contributed by atoms with Gasteiger partial charge in [0.15, 0.2) is 11.5 Å². The normalized spacial score (nSPS) is 28.6. The van der Waals surface area contributed by atoms with Crippen LogP contribution in [0.25, 0.3) is 0 Å². The zero-order chi connectivity index (χ0) is 46.3. The number of hydrogen-bond acceptors (Lipinski definition) is 8. The molecule has 5 aliphatic rings. The van der Waals surface area contributed by atoms with Gasteiger partial charge in [0.1, 0.15) is 5.60 Å². The first kappa shape index (κ1) is 49.2. The van der Waals surface area contributed by atoms with Crippen molar-refractivity contribution in [2.45, 2.75) is 200 Å². The van der Waals surface area contributed by atoms with Gasteiger partial charge in [0.25, 0.3) is 0 Å². The average molecular weight is 851 g/mol. The molecule has 5 fully saturated rings. The van der Waals surface area contributed by atoms with Crippen molar-refractivity contribution in [2.75, 3.05) is 6.61 Å². The maximum atomic E-state index is 15.4. The molecule has 0 amide bonds. The molecule has 4 unspecified atom stereocenters. The molecule has 4 aliphatic carbocycles. The Morgan fingerprint density at radius 3 is 1.70 bits per heavy atom. The number of cyclic esters (lactones) is 1. The predicted octanol–water partition coefficient (Wildman–Crippen LogP) is 12.8. The van der Waals surface area contributed by atoms with Crippen molar-refractivity contribution in [1.29, 1.82) is 0 Å². The van der Waals surface area contributed by atoms with Gasteiger partial charge in [-0.2, -0.15) is 0 Å². The van der Waals surface area contributed by atoms with Crippen molar-refractivity contribution >= 4 is 17.9 Å². The van der Waals surface area contributed by atoms with Crippen LogP contribution in [0.15, 0.2) is 18.2 Å². The van der Waals surface area contributed by atoms with Gasteiger partial charge in [-0.05, 0) is 151 Å². The first-order valence-corrected chi connectivity index (χ1v) is 23.7. The Bertz CT molecular complexity index is 1770. The number of phenolic OH excluding ortho intramolecular Hbond substituents is 2. The van der Waals surface area contributed by atoms with E-state index in [2.05, 4.69) is 118 Å². The van der Waals surface area contributed by atoms with Crippen LogP contribution in [0.2, 0.25) is 0 Å². The summed E-state index contributed by atoms with van der Waals surface area (Å²) in [5, 5.41) is 21.0. The number of hydrogen-bond donors (Lipinski definition) is 2. The number of carbonyl (C=O) groups is 3. The van der Waals surface area contributed by atoms with E-state index in [1.54, 1.807) is 12.1 Å². The Labute approximate surface area is 370 Å². The summed E-state index contributed by atoms with van der Waals surface area (Å²) < 4.78 is 18.7. The SMILES string of the molecule is CC(C)C1(OC(=O)C(C)(CC(C)(C)C(C)(C)C(C)(CC(C)(C)C(C)(C)C(CC(C)(C)C)c2ccc(O)c(O)c2)C(=O)OC2CCOC2=O)C(C)(C)C)C2CC3CC(C2)CC1C3. The van der Waals surface area contributed by atoms with Crippen LogP contribution in [0.5, 0.6) is 11.5 Å². The summed E-state index contributed by atoms with van der Waals surface area (Å²) in [6.45, 7) is 39.5. The van der Waals surface area contributed by atoms with Gasteiger partial charge in [0.2, 0.25) is 6.10 Å². The number of ether oxygens (including phenoxy) is 3. The highest BCUT2D eigenvalue weighted by Crippen LogP contribution is 2.67. The third-order valence-corrected chi connectivity index (χ3v) is 18.8. The second kappa shape index (κ2) is 16.0. The molecule has 61 heavy (non-hydrogen) atoms. The van der Waals surface area contributed by atoms with E-state index in [9.17, 15) is 15.0 Å². The van der Waals surface area contributed by atoms with E-state index >= 15 is 9.59 Å². The van der Waals surface area contributed by atoms with Crippen LogP contribution in [0, 0.1) is 72.9 Å². The van der Waals surface area contributed by atoms with Crippen LogP contribution in [-0.4, -0.2) is 46.4 Å². The second-order valence-electron chi connectivity index (χ2n) is 26.0. The van der Waals surface area contributed by atoms with Gasteiger partial charge in [-0.1, -0.05) is 117 Å². The number of aromatic hydroxyl groups is 2. The molecule has 1 saturated heterocycles. The molecule has 4 bridgehead atoms. The van der Waals surface area contributed by atoms with E-state index in [0.29, 0.717) is 31.1 Å². The van der Waals surface area contributed by atoms with Gasteiger partial charge >= 0.3 is 17.9 Å². The molecule has 1 aliphatic heterocycles. The highest BCUT2D eigenvalue weighted by molar-refractivity contribution is 5.84. The third-order valence-electron chi connectivity index (χ3n) is 18.8. The van der Waals surface area contributed by atoms with E-state index < -0.39 is 61.5 Å². The largest absolute Gasteiger partial charge is 0.504 e. The van der Waals surface area contributed by atoms with Crippen molar-refractivity contribution in [1.82, 2.24) is 0 Å². The van der Waals surface area contributed by atoms with Gasteiger partial charge in [-0.3, -0.25) is 9.59 Å². The fraction of sp³-hybridized carbons (Fsp3) is 0.830.